The van der Waals surface area contributed by atoms with Crippen LogP contribution in [0, 0.1) is 5.92 Å². The Bertz CT molecular complexity index is 229. The lowest BCUT2D eigenvalue weighted by atomic mass is 9.84. The standard InChI is InChI=1S/C13H22O3/c1-2-16-13(15)10-6-9-12(14)11-7-4-3-5-8-11/h6,10-12,14H,2-5,7-9H2,1H3/b10-6+. The van der Waals surface area contributed by atoms with Crippen LogP contribution in [-0.2, 0) is 9.53 Å². The first-order valence-corrected chi connectivity index (χ1v) is 6.25. The Morgan fingerprint density at radius 2 is 2.12 bits per heavy atom. The number of carbonyl (C=O) groups excluding carboxylic acids is 1. The Morgan fingerprint density at radius 3 is 2.75 bits per heavy atom. The van der Waals surface area contributed by atoms with Gasteiger partial charge in [-0.05, 0) is 32.1 Å². The molecule has 1 unspecified atom stereocenters. The molecule has 0 aliphatic heterocycles. The molecule has 1 fully saturated rings. The zero-order valence-electron chi connectivity index (χ0n) is 10.0. The Balaban J connectivity index is 2.22. The maximum Gasteiger partial charge on any atom is 0.330 e. The van der Waals surface area contributed by atoms with E-state index in [0.717, 1.165) is 12.8 Å². The first-order valence-electron chi connectivity index (χ1n) is 6.25. The van der Waals surface area contributed by atoms with Gasteiger partial charge in [0.25, 0.3) is 0 Å². The number of carbonyl (C=O) groups is 1. The van der Waals surface area contributed by atoms with E-state index >= 15 is 0 Å². The predicted molar refractivity (Wildman–Crippen MR) is 63.0 cm³/mol. The van der Waals surface area contributed by atoms with Crippen molar-refractivity contribution in [3.63, 3.8) is 0 Å². The van der Waals surface area contributed by atoms with Gasteiger partial charge in [-0.2, -0.15) is 0 Å². The number of esters is 1. The van der Waals surface area contributed by atoms with E-state index in [2.05, 4.69) is 0 Å². The third-order valence-electron chi connectivity index (χ3n) is 3.11. The van der Waals surface area contributed by atoms with E-state index in [4.69, 9.17) is 4.74 Å². The van der Waals surface area contributed by atoms with Gasteiger partial charge in [0.05, 0.1) is 12.7 Å². The van der Waals surface area contributed by atoms with Crippen LogP contribution >= 0.6 is 0 Å². The van der Waals surface area contributed by atoms with Gasteiger partial charge in [-0.3, -0.25) is 0 Å². The molecule has 16 heavy (non-hydrogen) atoms. The fourth-order valence-electron chi connectivity index (χ4n) is 2.21. The van der Waals surface area contributed by atoms with E-state index in [-0.39, 0.29) is 12.1 Å². The molecule has 1 aliphatic carbocycles. The molecule has 0 saturated heterocycles. The van der Waals surface area contributed by atoms with Gasteiger partial charge >= 0.3 is 5.97 Å². The molecule has 0 aromatic carbocycles. The van der Waals surface area contributed by atoms with Gasteiger partial charge in [0, 0.05) is 6.08 Å². The number of ether oxygens (including phenoxy) is 1. The molecule has 1 saturated carbocycles. The molecule has 3 heteroatoms. The fourth-order valence-corrected chi connectivity index (χ4v) is 2.21. The number of hydrogen-bond donors (Lipinski definition) is 1. The number of aliphatic hydroxyl groups excluding tert-OH is 1. The van der Waals surface area contributed by atoms with Gasteiger partial charge < -0.3 is 9.84 Å². The van der Waals surface area contributed by atoms with E-state index < -0.39 is 0 Å². The predicted octanol–water partition coefficient (Wildman–Crippen LogP) is 2.44. The minimum absolute atomic E-state index is 0.300. The highest BCUT2D eigenvalue weighted by Gasteiger charge is 2.20. The lowest BCUT2D eigenvalue weighted by Crippen LogP contribution is -2.22. The van der Waals surface area contributed by atoms with E-state index in [9.17, 15) is 9.90 Å². The molecule has 0 aromatic rings. The van der Waals surface area contributed by atoms with Crippen LogP contribution in [0.1, 0.15) is 45.4 Å². The van der Waals surface area contributed by atoms with E-state index in [1.54, 1.807) is 13.0 Å². The van der Waals surface area contributed by atoms with Crippen molar-refractivity contribution in [1.82, 2.24) is 0 Å². The maximum atomic E-state index is 11.0. The molecular formula is C13H22O3. The van der Waals surface area contributed by atoms with Crippen molar-refractivity contribution >= 4 is 5.97 Å². The molecule has 92 valence electrons. The molecule has 0 heterocycles. The summed E-state index contributed by atoms with van der Waals surface area (Å²) >= 11 is 0. The van der Waals surface area contributed by atoms with Crippen LogP contribution in [0.5, 0.6) is 0 Å². The average molecular weight is 226 g/mol. The number of rotatable bonds is 5. The third-order valence-corrected chi connectivity index (χ3v) is 3.11. The number of aliphatic hydroxyl groups is 1. The lowest BCUT2D eigenvalue weighted by Gasteiger charge is -2.25. The summed E-state index contributed by atoms with van der Waals surface area (Å²) in [7, 11) is 0. The molecule has 0 amide bonds. The average Bonchev–Trinajstić information content (AvgIpc) is 2.30. The zero-order valence-corrected chi connectivity index (χ0v) is 10.0. The second kappa shape index (κ2) is 7.44. The third kappa shape index (κ3) is 4.79. The molecule has 1 rings (SSSR count). The van der Waals surface area contributed by atoms with E-state index in [0.29, 0.717) is 18.9 Å². The Labute approximate surface area is 97.5 Å². The highest BCUT2D eigenvalue weighted by Crippen LogP contribution is 2.27. The monoisotopic (exact) mass is 226 g/mol. The van der Waals surface area contributed by atoms with E-state index in [1.165, 1.54) is 25.3 Å². The van der Waals surface area contributed by atoms with Crippen molar-refractivity contribution in [2.75, 3.05) is 6.61 Å². The summed E-state index contributed by atoms with van der Waals surface area (Å²) in [4.78, 5) is 11.0. The van der Waals surface area contributed by atoms with Crippen molar-refractivity contribution in [1.29, 1.82) is 0 Å². The topological polar surface area (TPSA) is 46.5 Å². The normalized spacial score (nSPS) is 19.9. The summed E-state index contributed by atoms with van der Waals surface area (Å²) in [6.07, 6.45) is 9.37. The SMILES string of the molecule is CCOC(=O)/C=C/CC(O)C1CCCCC1. The van der Waals surface area contributed by atoms with Crippen LogP contribution in [-0.4, -0.2) is 23.8 Å². The Hall–Kier alpha value is -0.830. The van der Waals surface area contributed by atoms with Gasteiger partial charge in [-0.1, -0.05) is 25.3 Å². The van der Waals surface area contributed by atoms with Crippen LogP contribution in [0.25, 0.3) is 0 Å². The Kier molecular flexibility index (Phi) is 6.16. The van der Waals surface area contributed by atoms with Crippen molar-refractivity contribution < 1.29 is 14.6 Å². The highest BCUT2D eigenvalue weighted by molar-refractivity contribution is 5.81. The number of hydrogen-bond acceptors (Lipinski definition) is 3. The van der Waals surface area contributed by atoms with Gasteiger partial charge in [-0.25, -0.2) is 4.79 Å². The fraction of sp³-hybridized carbons (Fsp3) is 0.769. The second-order valence-corrected chi connectivity index (χ2v) is 4.36. The van der Waals surface area contributed by atoms with Gasteiger partial charge in [0.1, 0.15) is 0 Å². The zero-order chi connectivity index (χ0) is 11.8. The molecule has 1 atom stereocenters. The summed E-state index contributed by atoms with van der Waals surface area (Å²) < 4.78 is 4.76. The van der Waals surface area contributed by atoms with Crippen LogP contribution < -0.4 is 0 Å². The minimum atomic E-state index is -0.321. The molecule has 0 aromatic heterocycles. The van der Waals surface area contributed by atoms with Crippen LogP contribution in [0.4, 0.5) is 0 Å². The summed E-state index contributed by atoms with van der Waals surface area (Å²) in [5.74, 6) is 0.0962. The van der Waals surface area contributed by atoms with Crippen LogP contribution in [0.15, 0.2) is 12.2 Å². The summed E-state index contributed by atoms with van der Waals surface area (Å²) in [5.41, 5.74) is 0. The summed E-state index contributed by atoms with van der Waals surface area (Å²) in [6.45, 7) is 2.18. The lowest BCUT2D eigenvalue weighted by molar-refractivity contribution is -0.137. The molecule has 0 bridgehead atoms. The molecule has 1 N–H and O–H groups in total. The van der Waals surface area contributed by atoms with Gasteiger partial charge in [-0.15, -0.1) is 0 Å². The first-order chi connectivity index (χ1) is 7.74. The quantitative estimate of drug-likeness (QED) is 0.578. The molecule has 0 spiro atoms. The van der Waals surface area contributed by atoms with Gasteiger partial charge in [0.15, 0.2) is 0 Å². The summed E-state index contributed by atoms with van der Waals surface area (Å²) in [5, 5.41) is 9.91. The second-order valence-electron chi connectivity index (χ2n) is 4.36. The first kappa shape index (κ1) is 13.2. The highest BCUT2D eigenvalue weighted by atomic mass is 16.5. The van der Waals surface area contributed by atoms with Crippen LogP contribution in [0.3, 0.4) is 0 Å². The van der Waals surface area contributed by atoms with Crippen LogP contribution in [0.2, 0.25) is 0 Å². The Morgan fingerprint density at radius 1 is 1.44 bits per heavy atom. The maximum absolute atomic E-state index is 11.0. The van der Waals surface area contributed by atoms with Gasteiger partial charge in [0.2, 0.25) is 0 Å². The van der Waals surface area contributed by atoms with Crippen molar-refractivity contribution in [2.45, 2.75) is 51.6 Å². The smallest absolute Gasteiger partial charge is 0.330 e. The molecule has 0 radical (unpaired) electrons. The minimum Gasteiger partial charge on any atom is -0.463 e. The largest absolute Gasteiger partial charge is 0.463 e. The van der Waals surface area contributed by atoms with E-state index in [1.807, 2.05) is 0 Å². The molecular weight excluding hydrogens is 204 g/mol. The van der Waals surface area contributed by atoms with Crippen molar-refractivity contribution in [2.24, 2.45) is 5.92 Å². The molecule has 3 nitrogen and oxygen atoms in total. The molecule has 1 aliphatic rings. The summed E-state index contributed by atoms with van der Waals surface area (Å²) in [6, 6.07) is 0. The van der Waals surface area contributed by atoms with Crippen molar-refractivity contribution in [3.8, 4) is 0 Å². The van der Waals surface area contributed by atoms with Crippen molar-refractivity contribution in [3.05, 3.63) is 12.2 Å².